The van der Waals surface area contributed by atoms with Crippen molar-refractivity contribution in [2.24, 2.45) is 0 Å². The number of hydrogen-bond acceptors (Lipinski definition) is 4. The number of halogens is 1. The number of amides is 2. The average Bonchev–Trinajstić information content (AvgIpc) is 2.75. The zero-order chi connectivity index (χ0) is 18.2. The first-order valence-corrected chi connectivity index (χ1v) is 8.62. The van der Waals surface area contributed by atoms with Gasteiger partial charge in [-0.2, -0.15) is 0 Å². The van der Waals surface area contributed by atoms with Gasteiger partial charge in [0, 0.05) is 19.2 Å². The molecule has 0 saturated heterocycles. The fourth-order valence-electron chi connectivity index (χ4n) is 2.28. The van der Waals surface area contributed by atoms with Crippen molar-refractivity contribution in [1.82, 2.24) is 9.80 Å². The molecule has 0 spiro atoms. The van der Waals surface area contributed by atoms with Gasteiger partial charge < -0.3 is 9.64 Å². The molecule has 1 heterocycles. The number of nitrogens with zero attached hydrogens (tertiary/aromatic N) is 2. The third-order valence-corrected chi connectivity index (χ3v) is 4.05. The molecule has 0 aromatic heterocycles. The predicted molar refractivity (Wildman–Crippen MR) is 99.4 cm³/mol. The molecule has 134 valence electrons. The van der Waals surface area contributed by atoms with Crippen LogP contribution in [0.5, 0.6) is 5.75 Å². The Hall–Kier alpha value is -2.11. The molecule has 1 aromatic carbocycles. The highest BCUT2D eigenvalue weighted by Crippen LogP contribution is 2.16. The summed E-state index contributed by atoms with van der Waals surface area (Å²) >= 11 is 5.88. The number of imide groups is 1. The smallest absolute Gasteiger partial charge is 0.271 e. The second kappa shape index (κ2) is 9.39. The van der Waals surface area contributed by atoms with Gasteiger partial charge in [-0.25, -0.2) is 0 Å². The van der Waals surface area contributed by atoms with Gasteiger partial charge in [-0.15, -0.1) is 0 Å². The number of hydrogen-bond donors (Lipinski definition) is 0. The quantitative estimate of drug-likeness (QED) is 0.730. The number of benzene rings is 1. The summed E-state index contributed by atoms with van der Waals surface area (Å²) < 4.78 is 5.63. The first-order chi connectivity index (χ1) is 12.0. The summed E-state index contributed by atoms with van der Waals surface area (Å²) in [5.74, 6) is -0.00634. The van der Waals surface area contributed by atoms with E-state index in [-0.39, 0.29) is 10.9 Å². The number of carbonyl (C=O) groups excluding carboxylic acids is 2. The lowest BCUT2D eigenvalue weighted by Crippen LogP contribution is -2.35. The SMILES string of the molecule is CN(C)CCOc1ccc(/C=C/C(=O)N2CCCC=C(Cl)C2=O)cc1. The van der Waals surface area contributed by atoms with Gasteiger partial charge >= 0.3 is 0 Å². The largest absolute Gasteiger partial charge is 0.492 e. The molecule has 0 bridgehead atoms. The molecule has 25 heavy (non-hydrogen) atoms. The Morgan fingerprint density at radius 3 is 2.72 bits per heavy atom. The zero-order valence-corrected chi connectivity index (χ0v) is 15.3. The molecule has 6 heteroatoms. The van der Waals surface area contributed by atoms with Crippen LogP contribution in [0.25, 0.3) is 6.08 Å². The maximum Gasteiger partial charge on any atom is 0.271 e. The normalized spacial score (nSPS) is 15.4. The van der Waals surface area contributed by atoms with Gasteiger partial charge in [0.25, 0.3) is 11.8 Å². The minimum Gasteiger partial charge on any atom is -0.492 e. The molecule has 0 aliphatic carbocycles. The van der Waals surface area contributed by atoms with E-state index in [1.54, 1.807) is 12.2 Å². The fraction of sp³-hybridized carbons (Fsp3) is 0.368. The van der Waals surface area contributed by atoms with Crippen molar-refractivity contribution in [3.05, 3.63) is 47.0 Å². The third-order valence-electron chi connectivity index (χ3n) is 3.73. The molecule has 2 rings (SSSR count). The van der Waals surface area contributed by atoms with Crippen molar-refractivity contribution in [2.75, 3.05) is 33.8 Å². The lowest BCUT2D eigenvalue weighted by molar-refractivity contribution is -0.138. The molecular formula is C19H23ClN2O3. The van der Waals surface area contributed by atoms with Gasteiger partial charge in [0.15, 0.2) is 0 Å². The summed E-state index contributed by atoms with van der Waals surface area (Å²) in [6.07, 6.45) is 6.17. The van der Waals surface area contributed by atoms with Gasteiger partial charge in [-0.3, -0.25) is 14.5 Å². The summed E-state index contributed by atoms with van der Waals surface area (Å²) in [7, 11) is 3.98. The highest BCUT2D eigenvalue weighted by Gasteiger charge is 2.23. The van der Waals surface area contributed by atoms with Crippen LogP contribution in [-0.2, 0) is 9.59 Å². The van der Waals surface area contributed by atoms with Crippen LogP contribution in [0.4, 0.5) is 0 Å². The Labute approximate surface area is 153 Å². The van der Waals surface area contributed by atoms with Crippen molar-refractivity contribution >= 4 is 29.5 Å². The highest BCUT2D eigenvalue weighted by atomic mass is 35.5. The third kappa shape index (κ3) is 6.03. The Bertz CT molecular complexity index is 666. The van der Waals surface area contributed by atoms with Crippen molar-refractivity contribution in [2.45, 2.75) is 12.8 Å². The lowest BCUT2D eigenvalue weighted by Gasteiger charge is -2.16. The van der Waals surface area contributed by atoms with Crippen LogP contribution in [0.3, 0.4) is 0 Å². The van der Waals surface area contributed by atoms with Gasteiger partial charge in [0.1, 0.15) is 17.4 Å². The van der Waals surface area contributed by atoms with E-state index in [9.17, 15) is 9.59 Å². The van der Waals surface area contributed by atoms with Crippen LogP contribution in [0, 0.1) is 0 Å². The molecule has 0 radical (unpaired) electrons. The number of allylic oxidation sites excluding steroid dienone is 1. The van der Waals surface area contributed by atoms with Crippen LogP contribution in [0.1, 0.15) is 18.4 Å². The molecule has 2 amide bonds. The van der Waals surface area contributed by atoms with E-state index >= 15 is 0 Å². The highest BCUT2D eigenvalue weighted by molar-refractivity contribution is 6.43. The second-order valence-electron chi connectivity index (χ2n) is 6.04. The van der Waals surface area contributed by atoms with Crippen LogP contribution in [0.2, 0.25) is 0 Å². The maximum absolute atomic E-state index is 12.3. The molecule has 0 atom stereocenters. The first kappa shape index (κ1) is 19.2. The van der Waals surface area contributed by atoms with Crippen molar-refractivity contribution in [1.29, 1.82) is 0 Å². The van der Waals surface area contributed by atoms with Crippen molar-refractivity contribution < 1.29 is 14.3 Å². The average molecular weight is 363 g/mol. The van der Waals surface area contributed by atoms with E-state index in [2.05, 4.69) is 0 Å². The van der Waals surface area contributed by atoms with E-state index < -0.39 is 5.91 Å². The molecule has 0 fully saturated rings. The Kier molecular flexibility index (Phi) is 7.22. The van der Waals surface area contributed by atoms with Crippen LogP contribution < -0.4 is 4.74 Å². The lowest BCUT2D eigenvalue weighted by atomic mass is 10.2. The molecule has 5 nitrogen and oxygen atoms in total. The Morgan fingerprint density at radius 2 is 2.04 bits per heavy atom. The van der Waals surface area contributed by atoms with Crippen molar-refractivity contribution in [3.63, 3.8) is 0 Å². The van der Waals surface area contributed by atoms with E-state index in [1.165, 1.54) is 11.0 Å². The summed E-state index contributed by atoms with van der Waals surface area (Å²) in [4.78, 5) is 27.5. The van der Waals surface area contributed by atoms with Gasteiger partial charge in [-0.05, 0) is 50.7 Å². The van der Waals surface area contributed by atoms with Gasteiger partial charge in [-0.1, -0.05) is 29.8 Å². The monoisotopic (exact) mass is 362 g/mol. The van der Waals surface area contributed by atoms with E-state index in [0.29, 0.717) is 19.6 Å². The Balaban J connectivity index is 1.93. The van der Waals surface area contributed by atoms with E-state index in [4.69, 9.17) is 16.3 Å². The predicted octanol–water partition coefficient (Wildman–Crippen LogP) is 2.91. The van der Waals surface area contributed by atoms with Crippen LogP contribution in [-0.4, -0.2) is 55.4 Å². The number of ether oxygens (including phenoxy) is 1. The van der Waals surface area contributed by atoms with E-state index in [0.717, 1.165) is 24.3 Å². The maximum atomic E-state index is 12.3. The van der Waals surface area contributed by atoms with Crippen molar-refractivity contribution in [3.8, 4) is 5.75 Å². The standard InChI is InChI=1S/C19H23ClN2O3/c1-21(2)13-14-25-16-9-6-15(7-10-16)8-11-18(23)22-12-4-3-5-17(20)19(22)24/h5-11H,3-4,12-14H2,1-2H3/b11-8+. The second-order valence-corrected chi connectivity index (χ2v) is 6.45. The summed E-state index contributed by atoms with van der Waals surface area (Å²) in [5, 5.41) is 0.110. The Morgan fingerprint density at radius 1 is 1.32 bits per heavy atom. The first-order valence-electron chi connectivity index (χ1n) is 8.24. The molecular weight excluding hydrogens is 340 g/mol. The molecule has 1 aliphatic rings. The number of carbonyl (C=O) groups is 2. The fourth-order valence-corrected chi connectivity index (χ4v) is 2.50. The molecule has 0 saturated carbocycles. The number of rotatable bonds is 6. The molecule has 1 aliphatic heterocycles. The zero-order valence-electron chi connectivity index (χ0n) is 14.6. The molecule has 1 aromatic rings. The summed E-state index contributed by atoms with van der Waals surface area (Å²) in [5.41, 5.74) is 0.859. The summed E-state index contributed by atoms with van der Waals surface area (Å²) in [6.45, 7) is 1.84. The van der Waals surface area contributed by atoms with Gasteiger partial charge in [0.05, 0.1) is 0 Å². The summed E-state index contributed by atoms with van der Waals surface area (Å²) in [6, 6.07) is 7.45. The minimum absolute atomic E-state index is 0.110. The van der Waals surface area contributed by atoms with E-state index in [1.807, 2.05) is 43.3 Å². The minimum atomic E-state index is -0.432. The topological polar surface area (TPSA) is 49.9 Å². The van der Waals surface area contributed by atoms with Gasteiger partial charge in [0.2, 0.25) is 0 Å². The number of likely N-dealkylation sites (N-methyl/N-ethyl adjacent to an activating group) is 1. The van der Waals surface area contributed by atoms with Crippen LogP contribution >= 0.6 is 11.6 Å². The molecule has 0 N–H and O–H groups in total. The molecule has 0 unspecified atom stereocenters. The van der Waals surface area contributed by atoms with Crippen LogP contribution in [0.15, 0.2) is 41.4 Å².